The molecule has 9 rings (SSSR count). The van der Waals surface area contributed by atoms with Crippen molar-refractivity contribution in [3.63, 3.8) is 0 Å². The van der Waals surface area contributed by atoms with E-state index < -0.39 is 23.2 Å². The molecule has 5 aliphatic rings. The van der Waals surface area contributed by atoms with Gasteiger partial charge in [-0.05, 0) is 71.5 Å². The zero-order valence-electron chi connectivity index (χ0n) is 22.5. The molecular formula is C34H26Cl2N4O2. The molecule has 208 valence electrons. The number of benzene rings is 4. The molecule has 0 unspecified atom stereocenters. The Hall–Kier alpha value is -3.68. The highest BCUT2D eigenvalue weighted by atomic mass is 35.5. The van der Waals surface area contributed by atoms with Gasteiger partial charge in [0.1, 0.15) is 11.1 Å². The Morgan fingerprint density at radius 1 is 0.619 bits per heavy atom. The second kappa shape index (κ2) is 8.45. The molecule has 0 saturated carbocycles. The molecule has 4 atom stereocenters. The summed E-state index contributed by atoms with van der Waals surface area (Å²) >= 11 is 13.4. The summed E-state index contributed by atoms with van der Waals surface area (Å²) in [6.45, 7) is 1.19. The van der Waals surface area contributed by atoms with E-state index in [1.807, 2.05) is 48.5 Å². The average molecular weight is 594 g/mol. The molecule has 0 bridgehead atoms. The number of anilines is 2. The van der Waals surface area contributed by atoms with Gasteiger partial charge in [0.25, 0.3) is 11.8 Å². The lowest BCUT2D eigenvalue weighted by atomic mass is 9.62. The number of halogens is 2. The minimum atomic E-state index is -1.12. The van der Waals surface area contributed by atoms with E-state index >= 15 is 0 Å². The number of hydrogen-bond donors (Lipinski definition) is 2. The molecule has 1 fully saturated rings. The first-order valence-electron chi connectivity index (χ1n) is 14.4. The number of nitrogens with one attached hydrogen (secondary N) is 2. The van der Waals surface area contributed by atoms with Crippen LogP contribution in [-0.2, 0) is 33.5 Å². The van der Waals surface area contributed by atoms with Gasteiger partial charge in [0.05, 0.1) is 12.1 Å². The van der Waals surface area contributed by atoms with Gasteiger partial charge in [-0.1, -0.05) is 71.7 Å². The maximum Gasteiger partial charge on any atom is 0.251 e. The molecule has 8 heteroatoms. The quantitative estimate of drug-likeness (QED) is 0.255. The van der Waals surface area contributed by atoms with Crippen molar-refractivity contribution in [2.24, 2.45) is 0 Å². The van der Waals surface area contributed by atoms with Crippen LogP contribution in [0.3, 0.4) is 0 Å². The molecule has 0 aliphatic carbocycles. The molecule has 5 aliphatic heterocycles. The van der Waals surface area contributed by atoms with Gasteiger partial charge in [-0.25, -0.2) is 0 Å². The van der Waals surface area contributed by atoms with Gasteiger partial charge in [-0.3, -0.25) is 19.4 Å². The first kappa shape index (κ1) is 24.9. The van der Waals surface area contributed by atoms with E-state index in [1.54, 1.807) is 0 Å². The first-order valence-corrected chi connectivity index (χ1v) is 15.1. The minimum Gasteiger partial charge on any atom is -0.324 e. The Morgan fingerprint density at radius 2 is 1.05 bits per heavy atom. The second-order valence-electron chi connectivity index (χ2n) is 11.9. The lowest BCUT2D eigenvalue weighted by Gasteiger charge is -2.66. The van der Waals surface area contributed by atoms with Crippen molar-refractivity contribution in [1.82, 2.24) is 9.80 Å². The summed E-state index contributed by atoms with van der Waals surface area (Å²) in [7, 11) is 0. The molecule has 0 radical (unpaired) electrons. The number of hydrogen-bond acceptors (Lipinski definition) is 4. The number of nitrogens with zero attached hydrogens (tertiary/aromatic N) is 2. The van der Waals surface area contributed by atoms with E-state index in [0.717, 1.165) is 46.5 Å². The van der Waals surface area contributed by atoms with Crippen LogP contribution in [0.1, 0.15) is 45.5 Å². The van der Waals surface area contributed by atoms with Crippen molar-refractivity contribution in [2.75, 3.05) is 23.7 Å². The normalized spacial score (nSPS) is 28.8. The van der Waals surface area contributed by atoms with Crippen molar-refractivity contribution in [1.29, 1.82) is 0 Å². The van der Waals surface area contributed by atoms with Crippen LogP contribution in [0, 0.1) is 0 Å². The molecule has 4 aromatic carbocycles. The monoisotopic (exact) mass is 592 g/mol. The number of amides is 2. The third kappa shape index (κ3) is 2.84. The Morgan fingerprint density at radius 3 is 1.50 bits per heavy atom. The molecule has 5 heterocycles. The van der Waals surface area contributed by atoms with Crippen LogP contribution in [0.2, 0.25) is 10.0 Å². The third-order valence-electron chi connectivity index (χ3n) is 10.2. The second-order valence-corrected chi connectivity index (χ2v) is 12.8. The van der Waals surface area contributed by atoms with Crippen LogP contribution < -0.4 is 10.6 Å². The predicted octanol–water partition coefficient (Wildman–Crippen LogP) is 6.20. The molecule has 42 heavy (non-hydrogen) atoms. The maximum atomic E-state index is 14.8. The van der Waals surface area contributed by atoms with E-state index in [-0.39, 0.29) is 11.8 Å². The third-order valence-corrected chi connectivity index (χ3v) is 10.7. The maximum absolute atomic E-state index is 14.8. The van der Waals surface area contributed by atoms with Gasteiger partial charge in [0, 0.05) is 45.6 Å². The van der Waals surface area contributed by atoms with Crippen molar-refractivity contribution in [3.8, 4) is 0 Å². The fourth-order valence-electron chi connectivity index (χ4n) is 8.78. The zero-order chi connectivity index (χ0) is 28.4. The summed E-state index contributed by atoms with van der Waals surface area (Å²) in [4.78, 5) is 34.2. The topological polar surface area (TPSA) is 64.7 Å². The predicted molar refractivity (Wildman–Crippen MR) is 163 cm³/mol. The molecule has 2 N–H and O–H groups in total. The van der Waals surface area contributed by atoms with E-state index in [2.05, 4.69) is 56.8 Å². The van der Waals surface area contributed by atoms with E-state index in [1.165, 1.54) is 11.1 Å². The SMILES string of the molecule is O=C1Nc2ccc(Cl)cc2[C@]12[C@H]1c3ccccc3CCN1[C@]1(C(=O)Nc3ccc(Cl)cc31)[C@H]1c3ccccc3CCN12. The lowest BCUT2D eigenvalue weighted by Crippen LogP contribution is -2.75. The fraction of sp³-hybridized carbons (Fsp3) is 0.235. The largest absolute Gasteiger partial charge is 0.324 e. The number of fused-ring (bicyclic) bond motifs is 14. The molecular weight excluding hydrogens is 567 g/mol. The molecule has 4 aromatic rings. The molecule has 0 aromatic heterocycles. The lowest BCUT2D eigenvalue weighted by molar-refractivity contribution is -0.190. The van der Waals surface area contributed by atoms with Crippen LogP contribution in [0.25, 0.3) is 0 Å². The number of carbonyl (C=O) groups excluding carboxylic acids is 2. The minimum absolute atomic E-state index is 0.0876. The van der Waals surface area contributed by atoms with Gasteiger partial charge in [0.15, 0.2) is 0 Å². The van der Waals surface area contributed by atoms with Gasteiger partial charge in [-0.15, -0.1) is 0 Å². The van der Waals surface area contributed by atoms with Crippen molar-refractivity contribution in [3.05, 3.63) is 128 Å². The van der Waals surface area contributed by atoms with Crippen molar-refractivity contribution >= 4 is 46.4 Å². The van der Waals surface area contributed by atoms with Crippen LogP contribution in [0.15, 0.2) is 84.9 Å². The van der Waals surface area contributed by atoms with E-state index in [0.29, 0.717) is 23.1 Å². The fourth-order valence-corrected chi connectivity index (χ4v) is 9.13. The zero-order valence-corrected chi connectivity index (χ0v) is 24.0. The number of rotatable bonds is 0. The van der Waals surface area contributed by atoms with Gasteiger partial charge in [0.2, 0.25) is 0 Å². The van der Waals surface area contributed by atoms with E-state index in [9.17, 15) is 9.59 Å². The summed E-state index contributed by atoms with van der Waals surface area (Å²) in [5, 5.41) is 7.62. The molecule has 6 nitrogen and oxygen atoms in total. The smallest absolute Gasteiger partial charge is 0.251 e. The summed E-state index contributed by atoms with van der Waals surface area (Å²) in [5.41, 5.74) is 5.50. The van der Waals surface area contributed by atoms with Gasteiger partial charge >= 0.3 is 0 Å². The Bertz CT molecular complexity index is 1740. The molecule has 2 amide bonds. The summed E-state index contributed by atoms with van der Waals surface area (Å²) in [6, 6.07) is 27.1. The van der Waals surface area contributed by atoms with Crippen molar-refractivity contribution in [2.45, 2.75) is 36.0 Å². The van der Waals surface area contributed by atoms with Crippen LogP contribution in [0.4, 0.5) is 11.4 Å². The number of piperazine rings is 1. The molecule has 2 spiro atoms. The standard InChI is InChI=1S/C34H26Cl2N4O2/c35-21-9-11-27-25(17-21)33(31(41)37-27)29-23-7-3-1-5-19(23)13-15-39(29)34(26-18-22(36)10-12-28(26)38-32(34)42)30-24-8-4-2-6-20(24)14-16-40(30)33/h1-12,17-18,29-30H,13-16H2,(H,37,41)(H,38,42)/t29-,30-,33+,34+/m1/s1. The van der Waals surface area contributed by atoms with Gasteiger partial charge < -0.3 is 10.6 Å². The van der Waals surface area contributed by atoms with Crippen LogP contribution >= 0.6 is 23.2 Å². The summed E-state index contributed by atoms with van der Waals surface area (Å²) in [6.07, 6.45) is 1.51. The summed E-state index contributed by atoms with van der Waals surface area (Å²) in [5.74, 6) is -0.175. The summed E-state index contributed by atoms with van der Waals surface area (Å²) < 4.78 is 0. The van der Waals surface area contributed by atoms with Crippen LogP contribution in [0.5, 0.6) is 0 Å². The first-order chi connectivity index (χ1) is 20.5. The Kier molecular flexibility index (Phi) is 5.01. The highest BCUT2D eigenvalue weighted by molar-refractivity contribution is 6.31. The highest BCUT2D eigenvalue weighted by Crippen LogP contribution is 2.67. The van der Waals surface area contributed by atoms with E-state index in [4.69, 9.17) is 23.2 Å². The van der Waals surface area contributed by atoms with Gasteiger partial charge in [-0.2, -0.15) is 0 Å². The van der Waals surface area contributed by atoms with Crippen LogP contribution in [-0.4, -0.2) is 34.7 Å². The highest BCUT2D eigenvalue weighted by Gasteiger charge is 2.74. The average Bonchev–Trinajstić information content (AvgIpc) is 3.45. The Labute approximate surface area is 253 Å². The molecule has 1 saturated heterocycles. The van der Waals surface area contributed by atoms with Crippen molar-refractivity contribution < 1.29 is 9.59 Å². The Balaban J connectivity index is 1.45. The number of carbonyl (C=O) groups is 2.